The summed E-state index contributed by atoms with van der Waals surface area (Å²) in [4.78, 5) is 25.6. The Morgan fingerprint density at radius 1 is 1.38 bits per heavy atom. The van der Waals surface area contributed by atoms with Crippen LogP contribution in [0.2, 0.25) is 0 Å². The fraction of sp³-hybridized carbons (Fsp3) is 0.500. The fourth-order valence-corrected chi connectivity index (χ4v) is 2.68. The Kier molecular flexibility index (Phi) is 4.74. The molecule has 1 aliphatic heterocycles. The summed E-state index contributed by atoms with van der Waals surface area (Å²) in [6, 6.07) is 6.10. The predicted molar refractivity (Wildman–Crippen MR) is 78.6 cm³/mol. The summed E-state index contributed by atoms with van der Waals surface area (Å²) >= 11 is 0. The molecule has 1 aromatic rings. The number of nitro groups is 1. The zero-order valence-electron chi connectivity index (χ0n) is 11.9. The van der Waals surface area contributed by atoms with E-state index in [0.717, 1.165) is 5.69 Å². The van der Waals surface area contributed by atoms with Crippen molar-refractivity contribution in [3.63, 3.8) is 0 Å². The molecule has 0 spiro atoms. The molecule has 7 heteroatoms. The lowest BCUT2D eigenvalue weighted by molar-refractivity contribution is -0.384. The van der Waals surface area contributed by atoms with Crippen molar-refractivity contribution >= 4 is 17.3 Å². The van der Waals surface area contributed by atoms with Gasteiger partial charge in [-0.15, -0.1) is 0 Å². The third-order valence-electron chi connectivity index (χ3n) is 3.83. The molecule has 21 heavy (non-hydrogen) atoms. The number of carboxylic acids is 1. The molecule has 1 atom stereocenters. The van der Waals surface area contributed by atoms with E-state index in [2.05, 4.69) is 4.90 Å². The average Bonchev–Trinajstić information content (AvgIpc) is 2.48. The SMILES string of the molecule is CCC(C(=O)O)N1CCN(c2cccc([N+](=O)[O-])c2)CC1. The van der Waals surface area contributed by atoms with E-state index in [4.69, 9.17) is 0 Å². The first kappa shape index (κ1) is 15.2. The van der Waals surface area contributed by atoms with E-state index in [1.165, 1.54) is 6.07 Å². The molecule has 0 saturated carbocycles. The van der Waals surface area contributed by atoms with E-state index in [-0.39, 0.29) is 5.69 Å². The van der Waals surface area contributed by atoms with Gasteiger partial charge < -0.3 is 10.0 Å². The van der Waals surface area contributed by atoms with E-state index in [0.29, 0.717) is 32.6 Å². The third kappa shape index (κ3) is 3.49. The maximum Gasteiger partial charge on any atom is 0.320 e. The number of benzene rings is 1. The Morgan fingerprint density at radius 3 is 2.57 bits per heavy atom. The van der Waals surface area contributed by atoms with E-state index in [1.54, 1.807) is 12.1 Å². The molecule has 1 fully saturated rings. The maximum atomic E-state index is 11.2. The Hall–Kier alpha value is -2.15. The van der Waals surface area contributed by atoms with E-state index in [1.807, 2.05) is 17.9 Å². The molecule has 1 N–H and O–H groups in total. The minimum absolute atomic E-state index is 0.0758. The number of nitrogens with zero attached hydrogens (tertiary/aromatic N) is 3. The van der Waals surface area contributed by atoms with Gasteiger partial charge in [0, 0.05) is 44.0 Å². The second-order valence-corrected chi connectivity index (χ2v) is 5.06. The highest BCUT2D eigenvalue weighted by molar-refractivity contribution is 5.73. The van der Waals surface area contributed by atoms with Crippen LogP contribution in [0.1, 0.15) is 13.3 Å². The van der Waals surface area contributed by atoms with Gasteiger partial charge >= 0.3 is 5.97 Å². The highest BCUT2D eigenvalue weighted by Gasteiger charge is 2.27. The van der Waals surface area contributed by atoms with Crippen molar-refractivity contribution in [2.45, 2.75) is 19.4 Å². The van der Waals surface area contributed by atoms with Crippen LogP contribution in [-0.2, 0) is 4.79 Å². The molecule has 1 aromatic carbocycles. The molecule has 1 heterocycles. The van der Waals surface area contributed by atoms with Crippen LogP contribution in [0.15, 0.2) is 24.3 Å². The van der Waals surface area contributed by atoms with Gasteiger partial charge in [-0.3, -0.25) is 19.8 Å². The Balaban J connectivity index is 2.02. The summed E-state index contributed by atoms with van der Waals surface area (Å²) in [6.45, 7) is 4.50. The summed E-state index contributed by atoms with van der Waals surface area (Å²) in [5.41, 5.74) is 0.888. The number of aliphatic carboxylic acids is 1. The standard InChI is InChI=1S/C14H19N3O4/c1-2-13(14(18)19)16-8-6-15(7-9-16)11-4-3-5-12(10-11)17(20)21/h3-5,10,13H,2,6-9H2,1H3,(H,18,19). The third-order valence-corrected chi connectivity index (χ3v) is 3.83. The molecule has 0 bridgehead atoms. The van der Waals surface area contributed by atoms with Crippen LogP contribution in [0.25, 0.3) is 0 Å². The lowest BCUT2D eigenvalue weighted by Gasteiger charge is -2.38. The molecule has 7 nitrogen and oxygen atoms in total. The highest BCUT2D eigenvalue weighted by atomic mass is 16.6. The molecule has 1 aliphatic rings. The van der Waals surface area contributed by atoms with Gasteiger partial charge in [0.2, 0.25) is 0 Å². The van der Waals surface area contributed by atoms with Gasteiger partial charge in [-0.2, -0.15) is 0 Å². The maximum absolute atomic E-state index is 11.2. The lowest BCUT2D eigenvalue weighted by Crippen LogP contribution is -2.52. The first-order valence-electron chi connectivity index (χ1n) is 6.99. The molecule has 2 rings (SSSR count). The molecule has 0 aromatic heterocycles. The summed E-state index contributed by atoms with van der Waals surface area (Å²) in [6.07, 6.45) is 0.576. The van der Waals surface area contributed by atoms with Crippen molar-refractivity contribution in [2.75, 3.05) is 31.1 Å². The average molecular weight is 293 g/mol. The van der Waals surface area contributed by atoms with Crippen LogP contribution in [0.3, 0.4) is 0 Å². The van der Waals surface area contributed by atoms with Crippen LogP contribution >= 0.6 is 0 Å². The number of non-ortho nitro benzene ring substituents is 1. The highest BCUT2D eigenvalue weighted by Crippen LogP contribution is 2.22. The molecular formula is C14H19N3O4. The number of hydrogen-bond donors (Lipinski definition) is 1. The number of rotatable bonds is 5. The Bertz CT molecular complexity index is 527. The first-order valence-corrected chi connectivity index (χ1v) is 6.99. The number of hydrogen-bond acceptors (Lipinski definition) is 5. The summed E-state index contributed by atoms with van der Waals surface area (Å²) in [7, 11) is 0. The number of anilines is 1. The second kappa shape index (κ2) is 6.53. The van der Waals surface area contributed by atoms with Gasteiger partial charge in [-0.05, 0) is 12.5 Å². The molecular weight excluding hydrogens is 274 g/mol. The number of piperazine rings is 1. The van der Waals surface area contributed by atoms with E-state index in [9.17, 15) is 20.0 Å². The molecule has 0 amide bonds. The number of nitro benzene ring substituents is 1. The largest absolute Gasteiger partial charge is 0.480 e. The van der Waals surface area contributed by atoms with Gasteiger partial charge in [0.25, 0.3) is 5.69 Å². The van der Waals surface area contributed by atoms with E-state index >= 15 is 0 Å². The van der Waals surface area contributed by atoms with Crippen LogP contribution in [0, 0.1) is 10.1 Å². The van der Waals surface area contributed by atoms with Crippen LogP contribution in [-0.4, -0.2) is 53.1 Å². The van der Waals surface area contributed by atoms with Crippen molar-refractivity contribution in [1.82, 2.24) is 4.90 Å². The van der Waals surface area contributed by atoms with Crippen LogP contribution in [0.5, 0.6) is 0 Å². The van der Waals surface area contributed by atoms with Crippen molar-refractivity contribution in [3.8, 4) is 0 Å². The van der Waals surface area contributed by atoms with Crippen molar-refractivity contribution in [3.05, 3.63) is 34.4 Å². The normalized spacial score (nSPS) is 17.5. The van der Waals surface area contributed by atoms with Crippen molar-refractivity contribution < 1.29 is 14.8 Å². The number of carbonyl (C=O) groups is 1. The fourth-order valence-electron chi connectivity index (χ4n) is 2.68. The summed E-state index contributed by atoms with van der Waals surface area (Å²) in [5, 5.41) is 20.0. The topological polar surface area (TPSA) is 86.9 Å². The zero-order valence-corrected chi connectivity index (χ0v) is 11.9. The van der Waals surface area contributed by atoms with E-state index < -0.39 is 16.9 Å². The molecule has 1 unspecified atom stereocenters. The predicted octanol–water partition coefficient (Wildman–Crippen LogP) is 1.58. The smallest absolute Gasteiger partial charge is 0.320 e. The minimum atomic E-state index is -0.790. The molecule has 114 valence electrons. The first-order chi connectivity index (χ1) is 10.0. The summed E-state index contributed by atoms with van der Waals surface area (Å²) < 4.78 is 0. The second-order valence-electron chi connectivity index (χ2n) is 5.06. The lowest BCUT2D eigenvalue weighted by atomic mass is 10.1. The summed E-state index contributed by atoms with van der Waals surface area (Å²) in [5.74, 6) is -0.790. The van der Waals surface area contributed by atoms with Gasteiger partial charge in [0.15, 0.2) is 0 Å². The van der Waals surface area contributed by atoms with Gasteiger partial charge in [-0.25, -0.2) is 0 Å². The Labute approximate surface area is 122 Å². The number of carboxylic acid groups (broad SMARTS) is 1. The van der Waals surface area contributed by atoms with Gasteiger partial charge in [0.1, 0.15) is 6.04 Å². The van der Waals surface area contributed by atoms with Crippen molar-refractivity contribution in [2.24, 2.45) is 0 Å². The van der Waals surface area contributed by atoms with Crippen LogP contribution < -0.4 is 4.90 Å². The molecule has 1 saturated heterocycles. The zero-order chi connectivity index (χ0) is 15.4. The van der Waals surface area contributed by atoms with Crippen molar-refractivity contribution in [1.29, 1.82) is 0 Å². The van der Waals surface area contributed by atoms with Gasteiger partial charge in [0.05, 0.1) is 4.92 Å². The van der Waals surface area contributed by atoms with Gasteiger partial charge in [-0.1, -0.05) is 13.0 Å². The Morgan fingerprint density at radius 2 is 2.05 bits per heavy atom. The quantitative estimate of drug-likeness (QED) is 0.655. The minimum Gasteiger partial charge on any atom is -0.480 e. The monoisotopic (exact) mass is 293 g/mol. The molecule has 0 radical (unpaired) electrons. The van der Waals surface area contributed by atoms with Crippen LogP contribution in [0.4, 0.5) is 11.4 Å². The molecule has 0 aliphatic carbocycles.